The van der Waals surface area contributed by atoms with Gasteiger partial charge in [-0.2, -0.15) is 0 Å². The lowest BCUT2D eigenvalue weighted by Gasteiger charge is -2.26. The van der Waals surface area contributed by atoms with Gasteiger partial charge in [0.1, 0.15) is 4.21 Å². The number of morpholine rings is 1. The van der Waals surface area contributed by atoms with E-state index in [2.05, 4.69) is 4.72 Å². The fourth-order valence-corrected chi connectivity index (χ4v) is 5.85. The standard InChI is InChI=1S/C17H26N2O4S2/c20-17(19-8-10-23-11-9-19)14-12-16(24-13-14)25(21,22)18-15-6-4-2-1-3-5-7-15/h12-13,15,18H,1-11H2. The van der Waals surface area contributed by atoms with Crippen LogP contribution in [-0.2, 0) is 14.8 Å². The van der Waals surface area contributed by atoms with Gasteiger partial charge in [-0.05, 0) is 18.9 Å². The lowest BCUT2D eigenvalue weighted by atomic mass is 9.97. The summed E-state index contributed by atoms with van der Waals surface area (Å²) in [6.07, 6.45) is 7.52. The molecule has 25 heavy (non-hydrogen) atoms. The van der Waals surface area contributed by atoms with E-state index in [1.807, 2.05) is 0 Å². The lowest BCUT2D eigenvalue weighted by Crippen LogP contribution is -2.40. The molecule has 2 aliphatic rings. The first-order chi connectivity index (χ1) is 12.1. The summed E-state index contributed by atoms with van der Waals surface area (Å²) in [5, 5.41) is 1.64. The maximum absolute atomic E-state index is 12.7. The minimum atomic E-state index is -3.56. The third-order valence-corrected chi connectivity index (χ3v) is 7.77. The average molecular weight is 387 g/mol. The predicted molar refractivity (Wildman–Crippen MR) is 97.5 cm³/mol. The number of carbonyl (C=O) groups is 1. The van der Waals surface area contributed by atoms with Crippen LogP contribution in [0, 0.1) is 0 Å². The van der Waals surface area contributed by atoms with Crippen molar-refractivity contribution in [3.05, 3.63) is 17.0 Å². The van der Waals surface area contributed by atoms with E-state index in [4.69, 9.17) is 4.74 Å². The van der Waals surface area contributed by atoms with Crippen molar-refractivity contribution >= 4 is 27.3 Å². The Morgan fingerprint density at radius 1 is 1.12 bits per heavy atom. The third kappa shape index (κ3) is 5.03. The smallest absolute Gasteiger partial charge is 0.254 e. The monoisotopic (exact) mass is 386 g/mol. The number of amides is 1. The molecule has 1 aromatic heterocycles. The highest BCUT2D eigenvalue weighted by Gasteiger charge is 2.25. The normalized spacial score (nSPS) is 20.9. The van der Waals surface area contributed by atoms with Gasteiger partial charge in [-0.15, -0.1) is 11.3 Å². The van der Waals surface area contributed by atoms with Gasteiger partial charge in [-0.3, -0.25) is 4.79 Å². The minimum absolute atomic E-state index is 0.00537. The number of thiophene rings is 1. The zero-order chi connectivity index (χ0) is 17.7. The minimum Gasteiger partial charge on any atom is -0.378 e. The van der Waals surface area contributed by atoms with Crippen LogP contribution in [0.15, 0.2) is 15.7 Å². The number of carbonyl (C=O) groups excluding carboxylic acids is 1. The molecule has 2 fully saturated rings. The molecule has 8 heteroatoms. The molecular formula is C17H26N2O4S2. The maximum Gasteiger partial charge on any atom is 0.254 e. The van der Waals surface area contributed by atoms with Gasteiger partial charge in [-0.25, -0.2) is 13.1 Å². The molecule has 0 spiro atoms. The number of sulfonamides is 1. The molecule has 3 rings (SSSR count). The van der Waals surface area contributed by atoms with Crippen molar-refractivity contribution in [3.63, 3.8) is 0 Å². The van der Waals surface area contributed by atoms with E-state index >= 15 is 0 Å². The number of nitrogens with one attached hydrogen (secondary N) is 1. The van der Waals surface area contributed by atoms with Crippen molar-refractivity contribution in [1.29, 1.82) is 0 Å². The second-order valence-electron chi connectivity index (χ2n) is 6.72. The number of ether oxygens (including phenoxy) is 1. The molecule has 2 heterocycles. The topological polar surface area (TPSA) is 75.7 Å². The Morgan fingerprint density at radius 2 is 1.76 bits per heavy atom. The summed E-state index contributed by atoms with van der Waals surface area (Å²) in [4.78, 5) is 14.2. The van der Waals surface area contributed by atoms with E-state index < -0.39 is 10.0 Å². The van der Waals surface area contributed by atoms with Crippen molar-refractivity contribution in [2.45, 2.75) is 55.2 Å². The SMILES string of the molecule is O=C(c1csc(S(=O)(=O)NC2CCCCCCC2)c1)N1CCOCC1. The van der Waals surface area contributed by atoms with Gasteiger partial charge in [0.15, 0.2) is 0 Å². The van der Waals surface area contributed by atoms with Crippen LogP contribution in [0.25, 0.3) is 0 Å². The molecule has 1 N–H and O–H groups in total. The van der Waals surface area contributed by atoms with E-state index in [0.717, 1.165) is 37.0 Å². The van der Waals surface area contributed by atoms with Crippen molar-refractivity contribution in [2.75, 3.05) is 26.3 Å². The first-order valence-electron chi connectivity index (χ1n) is 9.04. The van der Waals surface area contributed by atoms with E-state index in [-0.39, 0.29) is 16.2 Å². The molecule has 0 radical (unpaired) electrons. The van der Waals surface area contributed by atoms with Gasteiger partial charge in [-0.1, -0.05) is 32.1 Å². The Hall–Kier alpha value is -0.960. The van der Waals surface area contributed by atoms with Crippen LogP contribution in [0.4, 0.5) is 0 Å². The van der Waals surface area contributed by atoms with E-state index in [1.165, 1.54) is 25.3 Å². The van der Waals surface area contributed by atoms with Crippen molar-refractivity contribution in [1.82, 2.24) is 9.62 Å². The van der Waals surface area contributed by atoms with Crippen molar-refractivity contribution in [3.8, 4) is 0 Å². The summed E-state index contributed by atoms with van der Waals surface area (Å²) in [5.41, 5.74) is 0.449. The number of rotatable bonds is 4. The van der Waals surface area contributed by atoms with Crippen LogP contribution in [-0.4, -0.2) is 51.6 Å². The first-order valence-corrected chi connectivity index (χ1v) is 11.4. The molecule has 1 amide bonds. The highest BCUT2D eigenvalue weighted by atomic mass is 32.2. The lowest BCUT2D eigenvalue weighted by molar-refractivity contribution is 0.0303. The Labute approximate surface area is 153 Å². The summed E-state index contributed by atoms with van der Waals surface area (Å²) >= 11 is 1.12. The van der Waals surface area contributed by atoms with Crippen LogP contribution in [0.2, 0.25) is 0 Å². The fourth-order valence-electron chi connectivity index (χ4n) is 3.37. The van der Waals surface area contributed by atoms with Crippen LogP contribution < -0.4 is 4.72 Å². The molecule has 0 aromatic carbocycles. The van der Waals surface area contributed by atoms with Gasteiger partial charge in [0.05, 0.1) is 18.8 Å². The van der Waals surface area contributed by atoms with Crippen LogP contribution in [0.5, 0.6) is 0 Å². The fraction of sp³-hybridized carbons (Fsp3) is 0.706. The molecule has 1 aromatic rings. The Balaban J connectivity index is 1.66. The highest BCUT2D eigenvalue weighted by molar-refractivity contribution is 7.91. The Morgan fingerprint density at radius 3 is 2.44 bits per heavy atom. The highest BCUT2D eigenvalue weighted by Crippen LogP contribution is 2.24. The first kappa shape index (κ1) is 18.8. The van der Waals surface area contributed by atoms with Gasteiger partial charge < -0.3 is 9.64 Å². The molecular weight excluding hydrogens is 360 g/mol. The average Bonchev–Trinajstić information content (AvgIpc) is 3.08. The maximum atomic E-state index is 12.7. The molecule has 1 aliphatic carbocycles. The van der Waals surface area contributed by atoms with Crippen LogP contribution >= 0.6 is 11.3 Å². The quantitative estimate of drug-likeness (QED) is 0.863. The second kappa shape index (κ2) is 8.62. The molecule has 0 bridgehead atoms. The Bertz CT molecular complexity index is 673. The van der Waals surface area contributed by atoms with Gasteiger partial charge in [0.2, 0.25) is 10.0 Å². The van der Waals surface area contributed by atoms with Gasteiger partial charge >= 0.3 is 0 Å². The van der Waals surface area contributed by atoms with Crippen LogP contribution in [0.3, 0.4) is 0 Å². The predicted octanol–water partition coefficient (Wildman–Crippen LogP) is 2.61. The summed E-state index contributed by atoms with van der Waals surface area (Å²) < 4.78 is 33.7. The van der Waals surface area contributed by atoms with E-state index in [1.54, 1.807) is 10.3 Å². The zero-order valence-electron chi connectivity index (χ0n) is 14.4. The summed E-state index contributed by atoms with van der Waals surface area (Å²) in [5.74, 6) is -0.119. The van der Waals surface area contributed by atoms with Crippen LogP contribution in [0.1, 0.15) is 55.3 Å². The molecule has 6 nitrogen and oxygen atoms in total. The van der Waals surface area contributed by atoms with Crippen molar-refractivity contribution in [2.24, 2.45) is 0 Å². The third-order valence-electron chi connectivity index (χ3n) is 4.81. The van der Waals surface area contributed by atoms with Crippen molar-refractivity contribution < 1.29 is 17.9 Å². The molecule has 1 saturated heterocycles. The van der Waals surface area contributed by atoms with E-state index in [0.29, 0.717) is 31.9 Å². The number of hydrogen-bond acceptors (Lipinski definition) is 5. The Kier molecular flexibility index (Phi) is 6.49. The second-order valence-corrected chi connectivity index (χ2v) is 9.57. The largest absolute Gasteiger partial charge is 0.378 e. The summed E-state index contributed by atoms with van der Waals surface area (Å²) in [6, 6.07) is 1.51. The van der Waals surface area contributed by atoms with Gasteiger partial charge in [0, 0.05) is 24.5 Å². The summed E-state index contributed by atoms with van der Waals surface area (Å²) in [7, 11) is -3.56. The molecule has 140 valence electrons. The van der Waals surface area contributed by atoms with Gasteiger partial charge in [0.25, 0.3) is 5.91 Å². The zero-order valence-corrected chi connectivity index (χ0v) is 16.0. The summed E-state index contributed by atoms with van der Waals surface area (Å²) in [6.45, 7) is 2.17. The molecule has 0 unspecified atom stereocenters. The molecule has 0 atom stereocenters. The van der Waals surface area contributed by atoms with E-state index in [9.17, 15) is 13.2 Å². The number of hydrogen-bond donors (Lipinski definition) is 1. The molecule has 1 aliphatic heterocycles. The number of nitrogens with zero attached hydrogens (tertiary/aromatic N) is 1. The molecule has 1 saturated carbocycles.